The van der Waals surface area contributed by atoms with Crippen LogP contribution < -0.4 is 20.7 Å². The first-order chi connectivity index (χ1) is 21.9. The molecular formula is C33H45ClN7O4P. The Balaban J connectivity index is 1.56. The van der Waals surface area contributed by atoms with Crippen molar-refractivity contribution in [3.63, 3.8) is 0 Å². The first kappa shape index (κ1) is 35.4. The van der Waals surface area contributed by atoms with Crippen molar-refractivity contribution in [1.29, 1.82) is 0 Å². The molecule has 2 amide bonds. The summed E-state index contributed by atoms with van der Waals surface area (Å²) in [5.41, 5.74) is 2.71. The van der Waals surface area contributed by atoms with Crippen LogP contribution in [-0.2, 0) is 6.54 Å². The van der Waals surface area contributed by atoms with Crippen LogP contribution in [-0.4, -0.2) is 93.9 Å². The Hall–Kier alpha value is -3.50. The van der Waals surface area contributed by atoms with Crippen molar-refractivity contribution in [1.82, 2.24) is 24.7 Å². The van der Waals surface area contributed by atoms with Crippen molar-refractivity contribution in [2.45, 2.75) is 64.9 Å². The molecule has 46 heavy (non-hydrogen) atoms. The summed E-state index contributed by atoms with van der Waals surface area (Å²) in [6.45, 7) is 9.78. The van der Waals surface area contributed by atoms with E-state index in [1.54, 1.807) is 25.1 Å². The summed E-state index contributed by atoms with van der Waals surface area (Å²) in [6.07, 6.45) is 3.93. The second-order valence-electron chi connectivity index (χ2n) is 12.2. The highest BCUT2D eigenvalue weighted by atomic mass is 35.5. The number of rotatable bonds is 12. The third-order valence-electron chi connectivity index (χ3n) is 7.78. The van der Waals surface area contributed by atoms with Gasteiger partial charge in [-0.25, -0.2) is 9.78 Å². The Bertz CT molecular complexity index is 1520. The molecule has 0 saturated carbocycles. The van der Waals surface area contributed by atoms with Crippen LogP contribution in [0.3, 0.4) is 0 Å². The number of amides is 2. The van der Waals surface area contributed by atoms with E-state index in [1.807, 2.05) is 70.0 Å². The number of halogens is 1. The normalized spacial score (nSPS) is 14.5. The largest absolute Gasteiger partial charge is 0.489 e. The van der Waals surface area contributed by atoms with Crippen molar-refractivity contribution in [2.24, 2.45) is 0 Å². The van der Waals surface area contributed by atoms with Gasteiger partial charge in [-0.05, 0) is 57.5 Å². The summed E-state index contributed by atoms with van der Waals surface area (Å²) in [7, 11) is 4.21. The number of carbonyl (C=O) groups is 2. The van der Waals surface area contributed by atoms with Gasteiger partial charge in [-0.2, -0.15) is 4.98 Å². The molecule has 0 spiro atoms. The van der Waals surface area contributed by atoms with Gasteiger partial charge >= 0.3 is 6.03 Å². The predicted molar refractivity (Wildman–Crippen MR) is 187 cm³/mol. The number of ether oxygens (including phenoxy) is 1. The van der Waals surface area contributed by atoms with Crippen molar-refractivity contribution >= 4 is 60.5 Å². The second-order valence-corrected chi connectivity index (χ2v) is 14.8. The van der Waals surface area contributed by atoms with Crippen molar-refractivity contribution in [2.75, 3.05) is 44.9 Å². The van der Waals surface area contributed by atoms with Crippen molar-refractivity contribution < 1.29 is 19.2 Å². The standard InChI is InChI=1S/C33H45ClN7O4P/c1-21(2)45-29-17-23(19-40(7)25-12-14-41(15-13-25)33(43)39(5)6)24(20-42)16-28(29)37-32-35-18-26(34)31(38-32)36-27-10-8-9-11-30(27)46(44)22(3)4/h8-11,16-18,20-22,25,44H,12-15,19H2,1-7H3,(H2,35,36,37,38). The van der Waals surface area contributed by atoms with E-state index in [-0.39, 0.29) is 29.8 Å². The molecule has 3 N–H and O–H groups in total. The number of aromatic nitrogens is 2. The lowest BCUT2D eigenvalue weighted by Crippen LogP contribution is -2.48. The molecule has 11 nitrogen and oxygen atoms in total. The number of nitrogens with zero attached hydrogens (tertiary/aromatic N) is 5. The van der Waals surface area contributed by atoms with E-state index in [4.69, 9.17) is 16.3 Å². The average molecular weight is 670 g/mol. The molecule has 248 valence electrons. The van der Waals surface area contributed by atoms with E-state index in [1.165, 1.54) is 6.20 Å². The number of urea groups is 1. The SMILES string of the molecule is CC(C)Oc1cc(CN(C)C2CCN(C(=O)N(C)C)CC2)c(C=O)cc1Nc1ncc(Cl)c(Nc2ccccc2P(O)C(C)C)n1. The third-order valence-corrected chi connectivity index (χ3v) is 9.91. The fourth-order valence-corrected chi connectivity index (χ4v) is 6.64. The highest BCUT2D eigenvalue weighted by molar-refractivity contribution is 7.61. The van der Waals surface area contributed by atoms with E-state index in [9.17, 15) is 14.5 Å². The molecule has 13 heteroatoms. The number of benzene rings is 2. The number of nitrogens with one attached hydrogen (secondary N) is 2. The smallest absolute Gasteiger partial charge is 0.319 e. The van der Waals surface area contributed by atoms with Crippen LogP contribution in [0.25, 0.3) is 0 Å². The molecule has 1 aliphatic rings. The molecule has 4 rings (SSSR count). The number of aldehydes is 1. The minimum absolute atomic E-state index is 0.0333. The fraction of sp³-hybridized carbons (Fsp3) is 0.455. The van der Waals surface area contributed by atoms with Gasteiger partial charge in [0.2, 0.25) is 5.95 Å². The Morgan fingerprint density at radius 1 is 1.13 bits per heavy atom. The quantitative estimate of drug-likeness (QED) is 0.152. The van der Waals surface area contributed by atoms with Crippen LogP contribution in [0.4, 0.5) is 27.9 Å². The molecule has 1 atom stereocenters. The maximum Gasteiger partial charge on any atom is 0.319 e. The highest BCUT2D eigenvalue weighted by Gasteiger charge is 2.27. The van der Waals surface area contributed by atoms with E-state index in [2.05, 4.69) is 25.5 Å². The third kappa shape index (κ3) is 8.85. The summed E-state index contributed by atoms with van der Waals surface area (Å²) >= 11 is 6.49. The molecular weight excluding hydrogens is 625 g/mol. The van der Waals surface area contributed by atoms with Crippen LogP contribution in [0, 0.1) is 0 Å². The number of anilines is 4. The number of likely N-dealkylation sites (tertiary alicyclic amines) is 1. The Morgan fingerprint density at radius 2 is 1.83 bits per heavy atom. The zero-order valence-corrected chi connectivity index (χ0v) is 29.3. The van der Waals surface area contributed by atoms with Gasteiger partial charge in [-0.15, -0.1) is 0 Å². The highest BCUT2D eigenvalue weighted by Crippen LogP contribution is 2.39. The van der Waals surface area contributed by atoms with E-state index < -0.39 is 8.15 Å². The maximum absolute atomic E-state index is 12.4. The Labute approximate surface area is 278 Å². The Kier molecular flexibility index (Phi) is 12.2. The molecule has 0 radical (unpaired) electrons. The number of piperidine rings is 1. The van der Waals surface area contributed by atoms with Gasteiger partial charge in [0.15, 0.2) is 5.82 Å². The van der Waals surface area contributed by atoms with Gasteiger partial charge in [0.1, 0.15) is 17.1 Å². The monoisotopic (exact) mass is 669 g/mol. The predicted octanol–water partition coefficient (Wildman–Crippen LogP) is 6.22. The molecule has 2 aromatic carbocycles. The van der Waals surface area contributed by atoms with E-state index >= 15 is 0 Å². The summed E-state index contributed by atoms with van der Waals surface area (Å²) < 4.78 is 6.19. The minimum Gasteiger partial charge on any atom is -0.489 e. The van der Waals surface area contributed by atoms with Crippen molar-refractivity contribution in [3.8, 4) is 5.75 Å². The summed E-state index contributed by atoms with van der Waals surface area (Å²) in [4.78, 5) is 50.2. The Morgan fingerprint density at radius 3 is 2.46 bits per heavy atom. The van der Waals surface area contributed by atoms with E-state index in [0.717, 1.165) is 30.0 Å². The van der Waals surface area contributed by atoms with Gasteiger partial charge < -0.3 is 30.1 Å². The van der Waals surface area contributed by atoms with E-state index in [0.29, 0.717) is 53.2 Å². The molecule has 0 aliphatic carbocycles. The summed E-state index contributed by atoms with van der Waals surface area (Å²) in [5, 5.41) is 7.60. The van der Waals surface area contributed by atoms with Crippen LogP contribution >= 0.6 is 19.7 Å². The van der Waals surface area contributed by atoms with Gasteiger partial charge in [-0.1, -0.05) is 43.6 Å². The lowest BCUT2D eigenvalue weighted by atomic mass is 10.0. The van der Waals surface area contributed by atoms with Gasteiger partial charge in [0.05, 0.1) is 26.1 Å². The first-order valence-corrected chi connectivity index (χ1v) is 17.2. The maximum atomic E-state index is 12.4. The molecule has 1 saturated heterocycles. The molecule has 1 aliphatic heterocycles. The zero-order valence-electron chi connectivity index (χ0n) is 27.6. The number of para-hydroxylation sites is 1. The minimum atomic E-state index is -1.38. The second kappa shape index (κ2) is 15.9. The average Bonchev–Trinajstić information content (AvgIpc) is 3.03. The topological polar surface area (TPSA) is 123 Å². The zero-order chi connectivity index (χ0) is 33.5. The molecule has 0 bridgehead atoms. The van der Waals surface area contributed by atoms with Gasteiger partial charge in [0, 0.05) is 62.0 Å². The lowest BCUT2D eigenvalue weighted by Gasteiger charge is -2.37. The fourth-order valence-electron chi connectivity index (χ4n) is 5.33. The lowest BCUT2D eigenvalue weighted by molar-refractivity contribution is 0.111. The number of hydrogen-bond donors (Lipinski definition) is 3. The van der Waals surface area contributed by atoms with Gasteiger partial charge in [0.25, 0.3) is 0 Å². The molecule has 1 unspecified atom stereocenters. The number of carbonyl (C=O) groups excluding carboxylic acids is 2. The number of hydrogen-bond acceptors (Lipinski definition) is 9. The summed E-state index contributed by atoms with van der Waals surface area (Å²) in [6, 6.07) is 11.5. The molecule has 2 heterocycles. The van der Waals surface area contributed by atoms with Crippen LogP contribution in [0.1, 0.15) is 56.5 Å². The van der Waals surface area contributed by atoms with Crippen LogP contribution in [0.5, 0.6) is 5.75 Å². The molecule has 1 aromatic heterocycles. The van der Waals surface area contributed by atoms with Gasteiger partial charge in [-0.3, -0.25) is 9.69 Å². The van der Waals surface area contributed by atoms with Crippen LogP contribution in [0.2, 0.25) is 5.02 Å². The van der Waals surface area contributed by atoms with Crippen LogP contribution in [0.15, 0.2) is 42.6 Å². The van der Waals surface area contributed by atoms with Crippen molar-refractivity contribution in [3.05, 3.63) is 58.7 Å². The molecule has 1 fully saturated rings. The molecule has 3 aromatic rings. The summed E-state index contributed by atoms with van der Waals surface area (Å²) in [5.74, 6) is 1.20. The first-order valence-electron chi connectivity index (χ1n) is 15.5.